The van der Waals surface area contributed by atoms with Gasteiger partial charge in [-0.05, 0) is 56.3 Å². The number of aromatic nitrogens is 2. The van der Waals surface area contributed by atoms with Crippen LogP contribution in [0.4, 0.5) is 16.2 Å². The van der Waals surface area contributed by atoms with E-state index in [-0.39, 0.29) is 13.0 Å². The summed E-state index contributed by atoms with van der Waals surface area (Å²) in [6.07, 6.45) is -0.596. The predicted octanol–water partition coefficient (Wildman–Crippen LogP) is 6.05. The minimum atomic E-state index is -0.621. The molecule has 0 fully saturated rings. The summed E-state index contributed by atoms with van der Waals surface area (Å²) >= 11 is 6.24. The van der Waals surface area contributed by atoms with Crippen LogP contribution in [-0.2, 0) is 16.1 Å². The number of hydrogen-bond acceptors (Lipinski definition) is 7. The molecule has 1 amide bonds. The summed E-state index contributed by atoms with van der Waals surface area (Å²) in [5, 5.41) is 12.6. The van der Waals surface area contributed by atoms with Gasteiger partial charge >= 0.3 is 12.1 Å². The molecule has 0 saturated heterocycles. The van der Waals surface area contributed by atoms with Crippen LogP contribution in [-0.4, -0.2) is 34.7 Å². The quantitative estimate of drug-likeness (QED) is 0.252. The number of aromatic amines is 1. The lowest BCUT2D eigenvalue weighted by Crippen LogP contribution is -2.42. The van der Waals surface area contributed by atoms with Crippen molar-refractivity contribution < 1.29 is 19.1 Å². The van der Waals surface area contributed by atoms with Crippen LogP contribution in [0.3, 0.4) is 0 Å². The molecule has 0 radical (unpaired) electrons. The average Bonchev–Trinajstić information content (AvgIpc) is 3.31. The van der Waals surface area contributed by atoms with Crippen LogP contribution < -0.4 is 15.0 Å². The molecule has 1 aromatic heterocycles. The molecule has 10 heteroatoms. The third-order valence-electron chi connectivity index (χ3n) is 5.69. The number of carbonyl (C=O) groups excluding carboxylic acids is 2. The maximum atomic E-state index is 13.3. The lowest BCUT2D eigenvalue weighted by Gasteiger charge is -2.28. The van der Waals surface area contributed by atoms with Gasteiger partial charge in [-0.25, -0.2) is 9.78 Å². The second-order valence-corrected chi connectivity index (χ2v) is 8.86. The summed E-state index contributed by atoms with van der Waals surface area (Å²) in [5.74, 6) is 0.582. The number of rotatable bonds is 9. The zero-order valence-electron chi connectivity index (χ0n) is 20.9. The van der Waals surface area contributed by atoms with Gasteiger partial charge < -0.3 is 19.8 Å². The van der Waals surface area contributed by atoms with Gasteiger partial charge in [-0.2, -0.15) is 5.26 Å². The second kappa shape index (κ2) is 12.1. The first kappa shape index (κ1) is 26.5. The van der Waals surface area contributed by atoms with E-state index in [1.807, 2.05) is 18.2 Å². The van der Waals surface area contributed by atoms with Crippen LogP contribution in [0.25, 0.3) is 11.0 Å². The van der Waals surface area contributed by atoms with Gasteiger partial charge in [-0.15, -0.1) is 0 Å². The first-order chi connectivity index (χ1) is 18.4. The number of fused-ring (bicyclic) bond motifs is 1. The third kappa shape index (κ3) is 6.41. The summed E-state index contributed by atoms with van der Waals surface area (Å²) in [4.78, 5) is 34.5. The molecule has 3 aromatic carbocycles. The van der Waals surface area contributed by atoms with Crippen LogP contribution in [0.2, 0.25) is 5.02 Å². The van der Waals surface area contributed by atoms with E-state index in [0.717, 1.165) is 0 Å². The fourth-order valence-corrected chi connectivity index (χ4v) is 4.17. The summed E-state index contributed by atoms with van der Waals surface area (Å²) < 4.78 is 10.8. The van der Waals surface area contributed by atoms with Crippen molar-refractivity contribution in [1.82, 2.24) is 9.97 Å². The Bertz CT molecular complexity index is 1480. The molecule has 194 valence electrons. The number of imidazole rings is 1. The highest BCUT2D eigenvalue weighted by Gasteiger charge is 2.26. The van der Waals surface area contributed by atoms with E-state index in [1.54, 1.807) is 62.4 Å². The van der Waals surface area contributed by atoms with Gasteiger partial charge in [0.2, 0.25) is 0 Å². The molecule has 0 aliphatic carbocycles. The first-order valence-electron chi connectivity index (χ1n) is 12.0. The number of nitrogens with zero attached hydrogens (tertiary/aromatic N) is 3. The number of benzene rings is 3. The number of anilines is 2. The molecular weight excluding hydrogens is 506 g/mol. The number of halogens is 1. The Kier molecular flexibility index (Phi) is 8.46. The topological polar surface area (TPSA) is 120 Å². The Balaban J connectivity index is 1.48. The number of hydrogen-bond donors (Lipinski definition) is 2. The Morgan fingerprint density at radius 1 is 1.16 bits per heavy atom. The largest absolute Gasteiger partial charge is 0.466 e. The Morgan fingerprint density at radius 3 is 2.66 bits per heavy atom. The Morgan fingerprint density at radius 2 is 1.95 bits per heavy atom. The number of esters is 1. The van der Waals surface area contributed by atoms with Gasteiger partial charge in [-0.1, -0.05) is 29.8 Å². The van der Waals surface area contributed by atoms with Crippen molar-refractivity contribution in [1.29, 1.82) is 5.26 Å². The monoisotopic (exact) mass is 531 g/mol. The molecule has 0 bridgehead atoms. The van der Waals surface area contributed by atoms with E-state index in [1.165, 1.54) is 4.90 Å². The molecule has 0 aliphatic heterocycles. The van der Waals surface area contributed by atoms with Gasteiger partial charge in [0.1, 0.15) is 11.6 Å². The molecule has 9 nitrogen and oxygen atoms in total. The maximum absolute atomic E-state index is 13.3. The van der Waals surface area contributed by atoms with Crippen LogP contribution in [0.1, 0.15) is 31.7 Å². The number of nitriles is 1. The lowest BCUT2D eigenvalue weighted by molar-refractivity contribution is -0.143. The number of H-pyrrole nitrogens is 1. The summed E-state index contributed by atoms with van der Waals surface area (Å²) in [5.41, 5.74) is 3.14. The molecule has 1 atom stereocenters. The fourth-order valence-electron chi connectivity index (χ4n) is 3.93. The van der Waals surface area contributed by atoms with Gasteiger partial charge in [0.15, 0.2) is 0 Å². The molecule has 4 rings (SSSR count). The van der Waals surface area contributed by atoms with E-state index in [0.29, 0.717) is 51.1 Å². The molecule has 0 aliphatic rings. The van der Waals surface area contributed by atoms with Crippen molar-refractivity contribution in [2.45, 2.75) is 32.9 Å². The summed E-state index contributed by atoms with van der Waals surface area (Å²) in [6, 6.07) is 20.7. The number of para-hydroxylation sites is 1. The highest BCUT2D eigenvalue weighted by atomic mass is 35.5. The number of nitrogens with one attached hydrogen (secondary N) is 2. The summed E-state index contributed by atoms with van der Waals surface area (Å²) in [7, 11) is 0. The minimum Gasteiger partial charge on any atom is -0.466 e. The highest BCUT2D eigenvalue weighted by molar-refractivity contribution is 6.33. The average molecular weight is 532 g/mol. The molecule has 1 heterocycles. The number of ether oxygens (including phenoxy) is 2. The molecule has 2 N–H and O–H groups in total. The van der Waals surface area contributed by atoms with E-state index in [9.17, 15) is 9.59 Å². The van der Waals surface area contributed by atoms with E-state index in [2.05, 4.69) is 21.4 Å². The highest BCUT2D eigenvalue weighted by Crippen LogP contribution is 2.26. The lowest BCUT2D eigenvalue weighted by atomic mass is 10.2. The molecule has 38 heavy (non-hydrogen) atoms. The van der Waals surface area contributed by atoms with Crippen LogP contribution in [0.15, 0.2) is 66.7 Å². The smallest absolute Gasteiger partial charge is 0.420 e. The zero-order valence-corrected chi connectivity index (χ0v) is 21.7. The number of carbonyl (C=O) groups is 2. The first-order valence-corrected chi connectivity index (χ1v) is 12.4. The maximum Gasteiger partial charge on any atom is 0.420 e. The summed E-state index contributed by atoms with van der Waals surface area (Å²) in [6.45, 7) is 4.13. The van der Waals surface area contributed by atoms with Gasteiger partial charge in [0.25, 0.3) is 0 Å². The molecule has 0 spiro atoms. The second-order valence-electron chi connectivity index (χ2n) is 8.45. The Hall–Kier alpha value is -4.55. The minimum absolute atomic E-state index is 0.0248. The van der Waals surface area contributed by atoms with E-state index in [4.69, 9.17) is 26.3 Å². The zero-order chi connectivity index (χ0) is 27.1. The normalized spacial score (nSPS) is 11.4. The third-order valence-corrected chi connectivity index (χ3v) is 6.00. The standard InChI is InChI=1S/C28H26ClN5O4/c1-3-37-27(35)13-18(2)34(20-7-5-4-6-8-20)28(36)38-21-10-12-24-25(15-21)33-26(32-24)17-31-23-11-9-19(16-30)14-22(23)29/h4-12,14-15,18,31H,3,13,17H2,1-2H3,(H,32,33). The molecule has 0 saturated carbocycles. The SMILES string of the molecule is CCOC(=O)CC(C)N(C(=O)Oc1ccc2nc(CNc3ccc(C#N)cc3Cl)[nH]c2c1)c1ccccc1. The van der Waals surface area contributed by atoms with E-state index < -0.39 is 18.1 Å². The molecule has 4 aromatic rings. The molecule has 1 unspecified atom stereocenters. The number of amides is 1. The fraction of sp³-hybridized carbons (Fsp3) is 0.214. The van der Waals surface area contributed by atoms with Crippen LogP contribution in [0.5, 0.6) is 5.75 Å². The van der Waals surface area contributed by atoms with Crippen LogP contribution in [0, 0.1) is 11.3 Å². The van der Waals surface area contributed by atoms with Gasteiger partial charge in [-0.3, -0.25) is 9.69 Å². The molecular formula is C28H26ClN5O4. The van der Waals surface area contributed by atoms with Gasteiger partial charge in [0, 0.05) is 17.8 Å². The van der Waals surface area contributed by atoms with Gasteiger partial charge in [0.05, 0.1) is 52.9 Å². The Labute approximate surface area is 224 Å². The van der Waals surface area contributed by atoms with Crippen molar-refractivity contribution in [3.8, 4) is 11.8 Å². The van der Waals surface area contributed by atoms with E-state index >= 15 is 0 Å². The van der Waals surface area contributed by atoms with Crippen molar-refractivity contribution in [3.05, 3.63) is 83.1 Å². The van der Waals surface area contributed by atoms with Crippen molar-refractivity contribution in [2.24, 2.45) is 0 Å². The van der Waals surface area contributed by atoms with Crippen molar-refractivity contribution in [3.63, 3.8) is 0 Å². The van der Waals surface area contributed by atoms with Crippen molar-refractivity contribution in [2.75, 3.05) is 16.8 Å². The predicted molar refractivity (Wildman–Crippen MR) is 145 cm³/mol. The van der Waals surface area contributed by atoms with Crippen LogP contribution >= 0.6 is 11.6 Å². The van der Waals surface area contributed by atoms with Crippen molar-refractivity contribution >= 4 is 46.1 Å².